The Kier molecular flexibility index (Phi) is 5.24. The van der Waals surface area contributed by atoms with Crippen LogP contribution in [0.4, 0.5) is 5.00 Å². The lowest BCUT2D eigenvalue weighted by molar-refractivity contribution is -0.116. The molecule has 1 aromatic rings. The molecule has 0 saturated heterocycles. The summed E-state index contributed by atoms with van der Waals surface area (Å²) in [7, 11) is 0. The first-order valence-electron chi connectivity index (χ1n) is 6.52. The lowest BCUT2D eigenvalue weighted by Gasteiger charge is -2.05. The Morgan fingerprint density at radius 2 is 2.10 bits per heavy atom. The molecule has 1 aliphatic carbocycles. The van der Waals surface area contributed by atoms with Crippen molar-refractivity contribution >= 4 is 45.9 Å². The van der Waals surface area contributed by atoms with Crippen molar-refractivity contribution in [1.82, 2.24) is 0 Å². The molecule has 0 saturated carbocycles. The summed E-state index contributed by atoms with van der Waals surface area (Å²) < 4.78 is 0. The lowest BCUT2D eigenvalue weighted by atomic mass is 10.1. The molecule has 1 aromatic heterocycles. The molecule has 0 atom stereocenters. The molecule has 8 heteroatoms. The zero-order chi connectivity index (χ0) is 15.4. The lowest BCUT2D eigenvalue weighted by Crippen LogP contribution is -2.16. The predicted molar refractivity (Wildman–Crippen MR) is 83.1 cm³/mol. The van der Waals surface area contributed by atoms with Crippen LogP contribution in [0.2, 0.25) is 0 Å². The summed E-state index contributed by atoms with van der Waals surface area (Å²) in [4.78, 5) is 34.8. The number of thiophene rings is 1. The van der Waals surface area contributed by atoms with Crippen LogP contribution in [-0.4, -0.2) is 34.4 Å². The Balaban J connectivity index is 1.95. The minimum absolute atomic E-state index is 0.182. The van der Waals surface area contributed by atoms with Crippen molar-refractivity contribution in [1.29, 1.82) is 0 Å². The van der Waals surface area contributed by atoms with E-state index in [1.165, 1.54) is 23.1 Å². The number of nitrogens with two attached hydrogens (primary N) is 1. The third-order valence-corrected chi connectivity index (χ3v) is 5.29. The Labute approximate surface area is 130 Å². The maximum Gasteiger partial charge on any atom is 0.339 e. The number of carbonyl (C=O) groups is 3. The fourth-order valence-corrected chi connectivity index (χ4v) is 4.22. The quantitative estimate of drug-likeness (QED) is 0.657. The molecule has 0 radical (unpaired) electrons. The van der Waals surface area contributed by atoms with E-state index in [4.69, 9.17) is 5.73 Å². The van der Waals surface area contributed by atoms with Crippen LogP contribution < -0.4 is 11.1 Å². The molecule has 6 nitrogen and oxygen atoms in total. The van der Waals surface area contributed by atoms with Gasteiger partial charge in [-0.05, 0) is 24.8 Å². The number of thioether (sulfide) groups is 1. The van der Waals surface area contributed by atoms with Gasteiger partial charge in [0.1, 0.15) is 5.00 Å². The molecule has 114 valence electrons. The minimum atomic E-state index is -0.993. The van der Waals surface area contributed by atoms with Crippen molar-refractivity contribution in [2.75, 3.05) is 16.8 Å². The summed E-state index contributed by atoms with van der Waals surface area (Å²) in [6.45, 7) is 0. The number of carboxylic acids is 1. The average Bonchev–Trinajstić information content (AvgIpc) is 2.93. The zero-order valence-electron chi connectivity index (χ0n) is 11.3. The number of hydrogen-bond donors (Lipinski definition) is 3. The fraction of sp³-hybridized carbons (Fsp3) is 0.462. The van der Waals surface area contributed by atoms with Gasteiger partial charge < -0.3 is 16.2 Å². The molecule has 4 N–H and O–H groups in total. The van der Waals surface area contributed by atoms with E-state index in [-0.39, 0.29) is 23.6 Å². The standard InChI is InChI=1S/C13H16N2O4S2/c14-9(16)6-20-5-4-10(17)15-12-11(13(18)19)7-2-1-3-8(7)21-12/h1-6H2,(H2,14,16)(H,15,17)(H,18,19). The fourth-order valence-electron chi connectivity index (χ4n) is 2.25. The van der Waals surface area contributed by atoms with Crippen LogP contribution >= 0.6 is 23.1 Å². The number of carbonyl (C=O) groups excluding carboxylic acids is 2. The maximum absolute atomic E-state index is 11.8. The van der Waals surface area contributed by atoms with Gasteiger partial charge in [-0.1, -0.05) is 0 Å². The molecule has 0 bridgehead atoms. The maximum atomic E-state index is 11.8. The van der Waals surface area contributed by atoms with Crippen LogP contribution in [0.1, 0.15) is 33.6 Å². The number of aromatic carboxylic acids is 1. The van der Waals surface area contributed by atoms with E-state index in [2.05, 4.69) is 5.32 Å². The van der Waals surface area contributed by atoms with Gasteiger partial charge in [0.15, 0.2) is 0 Å². The Morgan fingerprint density at radius 3 is 2.76 bits per heavy atom. The molecule has 1 aliphatic rings. The van der Waals surface area contributed by atoms with E-state index in [1.807, 2.05) is 0 Å². The number of hydrogen-bond acceptors (Lipinski definition) is 5. The summed E-state index contributed by atoms with van der Waals surface area (Å²) in [5, 5.41) is 12.4. The van der Waals surface area contributed by atoms with Gasteiger partial charge in [-0.3, -0.25) is 9.59 Å². The van der Waals surface area contributed by atoms with E-state index < -0.39 is 11.9 Å². The summed E-state index contributed by atoms with van der Waals surface area (Å²) in [5.74, 6) is -0.992. The highest BCUT2D eigenvalue weighted by Crippen LogP contribution is 2.39. The van der Waals surface area contributed by atoms with Crippen molar-refractivity contribution in [3.05, 3.63) is 16.0 Å². The molecular formula is C13H16N2O4S2. The second-order valence-corrected chi connectivity index (χ2v) is 6.89. The topological polar surface area (TPSA) is 109 Å². The molecule has 0 unspecified atom stereocenters. The highest BCUT2D eigenvalue weighted by atomic mass is 32.2. The summed E-state index contributed by atoms with van der Waals surface area (Å²) >= 11 is 2.64. The summed E-state index contributed by atoms with van der Waals surface area (Å²) in [5.41, 5.74) is 6.11. The smallest absolute Gasteiger partial charge is 0.339 e. The molecule has 2 rings (SSSR count). The molecule has 2 amide bonds. The number of anilines is 1. The normalized spacial score (nSPS) is 13.0. The zero-order valence-corrected chi connectivity index (χ0v) is 12.9. The number of rotatable bonds is 7. The van der Waals surface area contributed by atoms with Gasteiger partial charge in [0.05, 0.1) is 11.3 Å². The summed E-state index contributed by atoms with van der Waals surface area (Å²) in [6, 6.07) is 0. The van der Waals surface area contributed by atoms with E-state index in [0.717, 1.165) is 29.7 Å². The van der Waals surface area contributed by atoms with Gasteiger partial charge in [-0.25, -0.2) is 4.79 Å². The van der Waals surface area contributed by atoms with Gasteiger partial charge in [0.2, 0.25) is 11.8 Å². The summed E-state index contributed by atoms with van der Waals surface area (Å²) in [6.07, 6.45) is 2.83. The number of primary amides is 1. The van der Waals surface area contributed by atoms with Gasteiger partial charge in [0, 0.05) is 17.1 Å². The Morgan fingerprint density at radius 1 is 1.33 bits per heavy atom. The first-order valence-corrected chi connectivity index (χ1v) is 8.50. The van der Waals surface area contributed by atoms with Crippen molar-refractivity contribution in [3.63, 3.8) is 0 Å². The molecule has 0 aromatic carbocycles. The Hall–Kier alpha value is -1.54. The van der Waals surface area contributed by atoms with Crippen LogP contribution in [0.15, 0.2) is 0 Å². The van der Waals surface area contributed by atoms with Gasteiger partial charge >= 0.3 is 5.97 Å². The van der Waals surface area contributed by atoms with Gasteiger partial charge in [0.25, 0.3) is 0 Å². The second-order valence-electron chi connectivity index (χ2n) is 4.68. The van der Waals surface area contributed by atoms with E-state index in [1.54, 1.807) is 0 Å². The molecule has 0 fully saturated rings. The minimum Gasteiger partial charge on any atom is -0.478 e. The number of aryl methyl sites for hydroxylation is 1. The van der Waals surface area contributed by atoms with Crippen molar-refractivity contribution in [2.24, 2.45) is 5.73 Å². The number of fused-ring (bicyclic) bond motifs is 1. The first-order chi connectivity index (χ1) is 9.99. The van der Waals surface area contributed by atoms with Crippen molar-refractivity contribution in [2.45, 2.75) is 25.7 Å². The first kappa shape index (κ1) is 15.8. The van der Waals surface area contributed by atoms with Crippen LogP contribution in [0.3, 0.4) is 0 Å². The number of carboxylic acid groups (broad SMARTS) is 1. The predicted octanol–water partition coefficient (Wildman–Crippen LogP) is 1.48. The third-order valence-electron chi connectivity index (χ3n) is 3.11. The number of nitrogens with one attached hydrogen (secondary N) is 1. The van der Waals surface area contributed by atoms with Crippen molar-refractivity contribution < 1.29 is 19.5 Å². The second kappa shape index (κ2) is 6.95. The van der Waals surface area contributed by atoms with Gasteiger partial charge in [-0.15, -0.1) is 11.3 Å². The van der Waals surface area contributed by atoms with Crippen LogP contribution in [-0.2, 0) is 22.4 Å². The van der Waals surface area contributed by atoms with Crippen molar-refractivity contribution in [3.8, 4) is 0 Å². The van der Waals surface area contributed by atoms with E-state index in [0.29, 0.717) is 10.8 Å². The van der Waals surface area contributed by atoms with Gasteiger partial charge in [-0.2, -0.15) is 11.8 Å². The molecule has 21 heavy (non-hydrogen) atoms. The largest absolute Gasteiger partial charge is 0.478 e. The van der Waals surface area contributed by atoms with Crippen LogP contribution in [0, 0.1) is 0 Å². The molecule has 1 heterocycles. The highest BCUT2D eigenvalue weighted by Gasteiger charge is 2.26. The van der Waals surface area contributed by atoms with Crippen LogP contribution in [0.25, 0.3) is 0 Å². The van der Waals surface area contributed by atoms with E-state index in [9.17, 15) is 19.5 Å². The molecule has 0 spiro atoms. The van der Waals surface area contributed by atoms with E-state index >= 15 is 0 Å². The monoisotopic (exact) mass is 328 g/mol. The third kappa shape index (κ3) is 3.98. The SMILES string of the molecule is NC(=O)CSCCC(=O)Nc1sc2c(c1C(=O)O)CCC2. The molecule has 0 aliphatic heterocycles. The highest BCUT2D eigenvalue weighted by molar-refractivity contribution is 7.99. The Bertz CT molecular complexity index is 583. The molecular weight excluding hydrogens is 312 g/mol. The van der Waals surface area contributed by atoms with Crippen LogP contribution in [0.5, 0.6) is 0 Å². The number of amides is 2. The average molecular weight is 328 g/mol.